The lowest BCUT2D eigenvalue weighted by atomic mass is 10.1. The normalized spacial score (nSPS) is 17.1. The summed E-state index contributed by atoms with van der Waals surface area (Å²) in [4.78, 5) is 2.61. The molecule has 0 spiro atoms. The molecule has 2 aromatic rings. The maximum absolute atomic E-state index is 13.3. The van der Waals surface area contributed by atoms with Gasteiger partial charge in [0, 0.05) is 25.3 Å². The van der Waals surface area contributed by atoms with Crippen LogP contribution >= 0.6 is 0 Å². The van der Waals surface area contributed by atoms with E-state index in [1.165, 1.54) is 4.31 Å². The number of hydrogen-bond donors (Lipinski definition) is 0. The molecule has 0 atom stereocenters. The Balaban J connectivity index is 1.65. The number of fused-ring (bicyclic) bond motifs is 1. The highest BCUT2D eigenvalue weighted by Gasteiger charge is 2.32. The standard InChI is InChI=1S/C20H24N2O4S/c1-15-13-18(25-2)4-6-20(15)27(23,24)22-8-7-16-14-17(3-5-19(16)22)21-9-11-26-12-10-21/h3-6,13-14H,7-12H2,1-2H3. The molecule has 2 aliphatic rings. The third-order valence-corrected chi connectivity index (χ3v) is 7.22. The second-order valence-corrected chi connectivity index (χ2v) is 8.70. The van der Waals surface area contributed by atoms with E-state index in [0.717, 1.165) is 49.7 Å². The lowest BCUT2D eigenvalue weighted by molar-refractivity contribution is 0.122. The van der Waals surface area contributed by atoms with E-state index in [1.807, 2.05) is 12.1 Å². The topological polar surface area (TPSA) is 59.1 Å². The van der Waals surface area contributed by atoms with Crippen molar-refractivity contribution >= 4 is 21.4 Å². The molecule has 27 heavy (non-hydrogen) atoms. The molecule has 0 saturated carbocycles. The molecular weight excluding hydrogens is 364 g/mol. The molecule has 6 nitrogen and oxygen atoms in total. The summed E-state index contributed by atoms with van der Waals surface area (Å²) < 4.78 is 38.7. The number of ether oxygens (including phenoxy) is 2. The van der Waals surface area contributed by atoms with Crippen LogP contribution in [0.5, 0.6) is 5.75 Å². The van der Waals surface area contributed by atoms with Gasteiger partial charge in [-0.1, -0.05) is 0 Å². The Morgan fingerprint density at radius 2 is 1.81 bits per heavy atom. The number of rotatable bonds is 4. The van der Waals surface area contributed by atoms with Crippen LogP contribution in [0.3, 0.4) is 0 Å². The Morgan fingerprint density at radius 1 is 1.04 bits per heavy atom. The van der Waals surface area contributed by atoms with E-state index in [0.29, 0.717) is 22.8 Å². The SMILES string of the molecule is COc1ccc(S(=O)(=O)N2CCc3cc(N4CCOCC4)ccc32)c(C)c1. The van der Waals surface area contributed by atoms with E-state index in [1.54, 1.807) is 32.2 Å². The van der Waals surface area contributed by atoms with E-state index >= 15 is 0 Å². The first-order valence-electron chi connectivity index (χ1n) is 9.14. The maximum Gasteiger partial charge on any atom is 0.264 e. The molecule has 0 N–H and O–H groups in total. The van der Waals surface area contributed by atoms with Crippen molar-refractivity contribution in [2.45, 2.75) is 18.2 Å². The second kappa shape index (κ2) is 7.05. The zero-order chi connectivity index (χ0) is 19.0. The van der Waals surface area contributed by atoms with Gasteiger partial charge < -0.3 is 14.4 Å². The number of hydrogen-bond acceptors (Lipinski definition) is 5. The number of nitrogens with zero attached hydrogens (tertiary/aromatic N) is 2. The van der Waals surface area contributed by atoms with E-state index in [9.17, 15) is 8.42 Å². The smallest absolute Gasteiger partial charge is 0.264 e. The van der Waals surface area contributed by atoms with Gasteiger partial charge in [-0.15, -0.1) is 0 Å². The first-order chi connectivity index (χ1) is 13.0. The van der Waals surface area contributed by atoms with E-state index < -0.39 is 10.0 Å². The monoisotopic (exact) mass is 388 g/mol. The van der Waals surface area contributed by atoms with E-state index in [-0.39, 0.29) is 0 Å². The quantitative estimate of drug-likeness (QED) is 0.806. The molecule has 1 saturated heterocycles. The minimum atomic E-state index is -3.60. The highest BCUT2D eigenvalue weighted by molar-refractivity contribution is 7.93. The highest BCUT2D eigenvalue weighted by atomic mass is 32.2. The number of sulfonamides is 1. The van der Waals surface area contributed by atoms with Crippen molar-refractivity contribution in [3.8, 4) is 5.75 Å². The summed E-state index contributed by atoms with van der Waals surface area (Å²) in [6.07, 6.45) is 0.724. The molecular formula is C20H24N2O4S. The fourth-order valence-electron chi connectivity index (χ4n) is 3.78. The molecule has 1 fully saturated rings. The molecule has 4 rings (SSSR count). The largest absolute Gasteiger partial charge is 0.497 e. The Bertz CT molecular complexity index is 952. The molecule has 0 unspecified atom stereocenters. The van der Waals surface area contributed by atoms with Crippen LogP contribution in [0.15, 0.2) is 41.3 Å². The lowest BCUT2D eigenvalue weighted by Gasteiger charge is -2.29. The van der Waals surface area contributed by atoms with Gasteiger partial charge in [-0.05, 0) is 60.9 Å². The van der Waals surface area contributed by atoms with Crippen LogP contribution in [0.2, 0.25) is 0 Å². The van der Waals surface area contributed by atoms with Crippen LogP contribution in [0.25, 0.3) is 0 Å². The minimum Gasteiger partial charge on any atom is -0.497 e. The number of aryl methyl sites for hydroxylation is 1. The van der Waals surface area contributed by atoms with Gasteiger partial charge in [0.25, 0.3) is 10.0 Å². The molecule has 0 bridgehead atoms. The molecule has 7 heteroatoms. The molecule has 2 aliphatic heterocycles. The number of methoxy groups -OCH3 is 1. The highest BCUT2D eigenvalue weighted by Crippen LogP contribution is 2.36. The summed E-state index contributed by atoms with van der Waals surface area (Å²) in [5, 5.41) is 0. The van der Waals surface area contributed by atoms with Crippen molar-refractivity contribution in [2.24, 2.45) is 0 Å². The Kier molecular flexibility index (Phi) is 4.74. The van der Waals surface area contributed by atoms with E-state index in [4.69, 9.17) is 9.47 Å². The van der Waals surface area contributed by atoms with Gasteiger partial charge in [-0.2, -0.15) is 0 Å². The van der Waals surface area contributed by atoms with Gasteiger partial charge in [0.1, 0.15) is 5.75 Å². The van der Waals surface area contributed by atoms with Crippen molar-refractivity contribution in [3.63, 3.8) is 0 Å². The Morgan fingerprint density at radius 3 is 2.52 bits per heavy atom. The Hall–Kier alpha value is -2.25. The van der Waals surface area contributed by atoms with Crippen LogP contribution in [-0.2, 0) is 21.2 Å². The van der Waals surface area contributed by atoms with Crippen molar-refractivity contribution in [2.75, 3.05) is 49.2 Å². The van der Waals surface area contributed by atoms with Gasteiger partial charge in [0.15, 0.2) is 0 Å². The third-order valence-electron chi connectivity index (χ3n) is 5.24. The van der Waals surface area contributed by atoms with Crippen LogP contribution in [0, 0.1) is 6.92 Å². The van der Waals surface area contributed by atoms with Crippen LogP contribution in [-0.4, -0.2) is 48.4 Å². The predicted molar refractivity (Wildman–Crippen MR) is 105 cm³/mol. The van der Waals surface area contributed by atoms with Crippen LogP contribution in [0.4, 0.5) is 11.4 Å². The van der Waals surface area contributed by atoms with Gasteiger partial charge in [-0.3, -0.25) is 4.31 Å². The van der Waals surface area contributed by atoms with E-state index in [2.05, 4.69) is 11.0 Å². The summed E-state index contributed by atoms with van der Waals surface area (Å²) in [6, 6.07) is 11.1. The average Bonchev–Trinajstić information content (AvgIpc) is 3.12. The molecule has 144 valence electrons. The summed E-state index contributed by atoms with van der Waals surface area (Å²) in [7, 11) is -2.03. The number of benzene rings is 2. The van der Waals surface area contributed by atoms with Gasteiger partial charge in [0.05, 0.1) is 30.9 Å². The third kappa shape index (κ3) is 3.26. The second-order valence-electron chi connectivity index (χ2n) is 6.87. The molecule has 0 aliphatic carbocycles. The minimum absolute atomic E-state index is 0.327. The van der Waals surface area contributed by atoms with Crippen molar-refractivity contribution in [1.82, 2.24) is 0 Å². The summed E-state index contributed by atoms with van der Waals surface area (Å²) in [5.41, 5.74) is 3.68. The van der Waals surface area contributed by atoms with Crippen molar-refractivity contribution < 1.29 is 17.9 Å². The fraction of sp³-hybridized carbons (Fsp3) is 0.400. The zero-order valence-corrected chi connectivity index (χ0v) is 16.5. The fourth-order valence-corrected chi connectivity index (χ4v) is 5.49. The number of morpholine rings is 1. The first kappa shape index (κ1) is 18.1. The summed E-state index contributed by atoms with van der Waals surface area (Å²) >= 11 is 0. The number of anilines is 2. The molecule has 0 radical (unpaired) electrons. The average molecular weight is 388 g/mol. The zero-order valence-electron chi connectivity index (χ0n) is 15.6. The van der Waals surface area contributed by atoms with Gasteiger partial charge in [0.2, 0.25) is 0 Å². The molecule has 2 heterocycles. The first-order valence-corrected chi connectivity index (χ1v) is 10.6. The maximum atomic E-state index is 13.3. The van der Waals surface area contributed by atoms with Crippen molar-refractivity contribution in [3.05, 3.63) is 47.5 Å². The Labute approximate surface area is 160 Å². The molecule has 2 aromatic carbocycles. The lowest BCUT2D eigenvalue weighted by Crippen LogP contribution is -2.36. The van der Waals surface area contributed by atoms with Crippen LogP contribution in [0.1, 0.15) is 11.1 Å². The predicted octanol–water partition coefficient (Wildman–Crippen LogP) is 2.59. The van der Waals surface area contributed by atoms with Gasteiger partial charge in [-0.25, -0.2) is 8.42 Å². The van der Waals surface area contributed by atoms with Crippen molar-refractivity contribution in [1.29, 1.82) is 0 Å². The summed E-state index contributed by atoms with van der Waals surface area (Å²) in [5.74, 6) is 0.656. The van der Waals surface area contributed by atoms with Crippen LogP contribution < -0.4 is 13.9 Å². The summed E-state index contributed by atoms with van der Waals surface area (Å²) in [6.45, 7) is 5.46. The molecule has 0 amide bonds. The van der Waals surface area contributed by atoms with Gasteiger partial charge >= 0.3 is 0 Å². The molecule has 0 aromatic heterocycles.